The van der Waals surface area contributed by atoms with Crippen LogP contribution in [0.4, 0.5) is 22.0 Å². The van der Waals surface area contributed by atoms with Gasteiger partial charge in [0.15, 0.2) is 23.3 Å². The lowest BCUT2D eigenvalue weighted by Gasteiger charge is -2.11. The molecule has 0 aliphatic carbocycles. The Labute approximate surface area is 114 Å². The van der Waals surface area contributed by atoms with Crippen LogP contribution in [-0.2, 0) is 0 Å². The number of hydrogen-bond donors (Lipinski definition) is 1. The molecule has 0 aliphatic rings. The zero-order valence-corrected chi connectivity index (χ0v) is 11.5. The van der Waals surface area contributed by atoms with Gasteiger partial charge in [-0.25, -0.2) is 22.0 Å². The maximum absolute atomic E-state index is 13.5. The van der Waals surface area contributed by atoms with Crippen molar-refractivity contribution in [3.63, 3.8) is 0 Å². The third-order valence-electron chi connectivity index (χ3n) is 2.78. The quantitative estimate of drug-likeness (QED) is 0.488. The Balaban J connectivity index is 3.25. The molecule has 20 heavy (non-hydrogen) atoms. The number of nitrogens with one attached hydrogen (secondary N) is 1. The molecule has 0 spiro atoms. The van der Waals surface area contributed by atoms with Crippen LogP contribution < -0.4 is 5.32 Å². The number of halogens is 5. The van der Waals surface area contributed by atoms with Crippen molar-refractivity contribution in [2.45, 2.75) is 33.2 Å². The molecule has 0 fully saturated rings. The first-order valence-electron chi connectivity index (χ1n) is 6.23. The van der Waals surface area contributed by atoms with E-state index in [2.05, 4.69) is 5.32 Å². The van der Waals surface area contributed by atoms with Gasteiger partial charge in [-0.3, -0.25) is 0 Å². The summed E-state index contributed by atoms with van der Waals surface area (Å²) < 4.78 is 66.1. The van der Waals surface area contributed by atoms with Crippen LogP contribution in [0.3, 0.4) is 0 Å². The van der Waals surface area contributed by atoms with Crippen LogP contribution in [0.15, 0.2) is 5.57 Å². The zero-order chi connectivity index (χ0) is 15.4. The van der Waals surface area contributed by atoms with E-state index in [-0.39, 0.29) is 6.04 Å². The van der Waals surface area contributed by atoms with Gasteiger partial charge in [-0.15, -0.1) is 0 Å². The second-order valence-electron chi connectivity index (χ2n) is 4.68. The third kappa shape index (κ3) is 3.56. The Morgan fingerprint density at radius 2 is 1.40 bits per heavy atom. The number of rotatable bonds is 5. The standard InChI is InChI=1S/C14H16F5N/c1-4-8(6-20-7(2)3)5-9-10(15)12(17)14(19)13(18)11(9)16/h5,7,20H,4,6H2,1-3H3. The van der Waals surface area contributed by atoms with E-state index in [0.29, 0.717) is 18.5 Å². The summed E-state index contributed by atoms with van der Waals surface area (Å²) in [5, 5.41) is 3.02. The molecular formula is C14H16F5N. The molecule has 0 bridgehead atoms. The lowest BCUT2D eigenvalue weighted by atomic mass is 10.1. The number of hydrogen-bond acceptors (Lipinski definition) is 1. The summed E-state index contributed by atoms with van der Waals surface area (Å²) >= 11 is 0. The molecule has 0 heterocycles. The summed E-state index contributed by atoms with van der Waals surface area (Å²) in [6.45, 7) is 5.81. The average Bonchev–Trinajstić information content (AvgIpc) is 2.42. The van der Waals surface area contributed by atoms with Gasteiger partial charge in [0.05, 0.1) is 5.56 Å². The highest BCUT2D eigenvalue weighted by atomic mass is 19.2. The third-order valence-corrected chi connectivity index (χ3v) is 2.78. The topological polar surface area (TPSA) is 12.0 Å². The minimum absolute atomic E-state index is 0.140. The summed E-state index contributed by atoms with van der Waals surface area (Å²) in [5.74, 6) is -9.62. The molecular weight excluding hydrogens is 277 g/mol. The van der Waals surface area contributed by atoms with E-state index < -0.39 is 34.6 Å². The first-order valence-corrected chi connectivity index (χ1v) is 6.23. The minimum Gasteiger partial charge on any atom is -0.311 e. The zero-order valence-electron chi connectivity index (χ0n) is 11.5. The molecule has 1 aromatic rings. The lowest BCUT2D eigenvalue weighted by molar-refractivity contribution is 0.377. The lowest BCUT2D eigenvalue weighted by Crippen LogP contribution is -2.24. The van der Waals surface area contributed by atoms with E-state index in [1.807, 2.05) is 13.8 Å². The maximum atomic E-state index is 13.5. The van der Waals surface area contributed by atoms with Gasteiger partial charge in [-0.1, -0.05) is 26.3 Å². The van der Waals surface area contributed by atoms with E-state index in [0.717, 1.165) is 6.08 Å². The summed E-state index contributed by atoms with van der Waals surface area (Å²) in [5.41, 5.74) is -0.356. The Bertz CT molecular complexity index is 494. The Hall–Kier alpha value is -1.43. The van der Waals surface area contributed by atoms with Gasteiger partial charge in [-0.05, 0) is 12.5 Å². The van der Waals surface area contributed by atoms with Crippen LogP contribution in [0.2, 0.25) is 0 Å². The normalized spacial score (nSPS) is 12.3. The molecule has 0 aromatic heterocycles. The van der Waals surface area contributed by atoms with Crippen molar-refractivity contribution in [3.8, 4) is 0 Å². The van der Waals surface area contributed by atoms with Gasteiger partial charge in [0, 0.05) is 12.6 Å². The van der Waals surface area contributed by atoms with Gasteiger partial charge in [0.2, 0.25) is 5.82 Å². The smallest absolute Gasteiger partial charge is 0.200 e. The van der Waals surface area contributed by atoms with Gasteiger partial charge < -0.3 is 5.32 Å². The van der Waals surface area contributed by atoms with E-state index in [9.17, 15) is 22.0 Å². The molecule has 0 atom stereocenters. The van der Waals surface area contributed by atoms with Crippen molar-refractivity contribution in [3.05, 3.63) is 40.2 Å². The Morgan fingerprint density at radius 1 is 0.950 bits per heavy atom. The van der Waals surface area contributed by atoms with Gasteiger partial charge in [0.1, 0.15) is 0 Å². The monoisotopic (exact) mass is 293 g/mol. The van der Waals surface area contributed by atoms with Crippen LogP contribution in [0, 0.1) is 29.1 Å². The van der Waals surface area contributed by atoms with Gasteiger partial charge in [0.25, 0.3) is 0 Å². The van der Waals surface area contributed by atoms with Crippen molar-refractivity contribution in [2.75, 3.05) is 6.54 Å². The fourth-order valence-electron chi connectivity index (χ4n) is 1.57. The molecule has 1 N–H and O–H groups in total. The molecule has 0 saturated heterocycles. The summed E-state index contributed by atoms with van der Waals surface area (Å²) in [6, 6.07) is 0.140. The maximum Gasteiger partial charge on any atom is 0.200 e. The Morgan fingerprint density at radius 3 is 1.80 bits per heavy atom. The van der Waals surface area contributed by atoms with Crippen LogP contribution in [-0.4, -0.2) is 12.6 Å². The van der Waals surface area contributed by atoms with Crippen molar-refractivity contribution < 1.29 is 22.0 Å². The van der Waals surface area contributed by atoms with E-state index >= 15 is 0 Å². The van der Waals surface area contributed by atoms with Gasteiger partial charge >= 0.3 is 0 Å². The van der Waals surface area contributed by atoms with E-state index in [1.165, 1.54) is 0 Å². The van der Waals surface area contributed by atoms with Crippen LogP contribution >= 0.6 is 0 Å². The first kappa shape index (κ1) is 16.6. The molecule has 0 saturated carbocycles. The second kappa shape index (κ2) is 6.83. The molecule has 1 aromatic carbocycles. The summed E-state index contributed by atoms with van der Waals surface area (Å²) in [6.07, 6.45) is 1.44. The van der Waals surface area contributed by atoms with Crippen LogP contribution in [0.5, 0.6) is 0 Å². The van der Waals surface area contributed by atoms with E-state index in [4.69, 9.17) is 0 Å². The van der Waals surface area contributed by atoms with Crippen molar-refractivity contribution in [1.29, 1.82) is 0 Å². The first-order chi connectivity index (χ1) is 9.29. The highest BCUT2D eigenvalue weighted by molar-refractivity contribution is 5.55. The molecule has 0 amide bonds. The average molecular weight is 293 g/mol. The predicted octanol–water partition coefficient (Wildman–Crippen LogP) is 4.17. The SMILES string of the molecule is CCC(=Cc1c(F)c(F)c(F)c(F)c1F)CNC(C)C. The van der Waals surface area contributed by atoms with Gasteiger partial charge in [-0.2, -0.15) is 0 Å². The largest absolute Gasteiger partial charge is 0.311 e. The summed E-state index contributed by atoms with van der Waals surface area (Å²) in [7, 11) is 0. The Kier molecular flexibility index (Phi) is 5.68. The minimum atomic E-state index is -2.14. The van der Waals surface area contributed by atoms with Crippen molar-refractivity contribution in [2.24, 2.45) is 0 Å². The fourth-order valence-corrected chi connectivity index (χ4v) is 1.57. The molecule has 6 heteroatoms. The molecule has 1 nitrogen and oxygen atoms in total. The molecule has 0 radical (unpaired) electrons. The highest BCUT2D eigenvalue weighted by Crippen LogP contribution is 2.25. The van der Waals surface area contributed by atoms with E-state index in [1.54, 1.807) is 6.92 Å². The molecule has 112 valence electrons. The summed E-state index contributed by atoms with van der Waals surface area (Å²) in [4.78, 5) is 0. The van der Waals surface area contributed by atoms with Crippen LogP contribution in [0.1, 0.15) is 32.8 Å². The fraction of sp³-hybridized carbons (Fsp3) is 0.429. The van der Waals surface area contributed by atoms with Crippen LogP contribution in [0.25, 0.3) is 6.08 Å². The van der Waals surface area contributed by atoms with Crippen molar-refractivity contribution in [1.82, 2.24) is 5.32 Å². The van der Waals surface area contributed by atoms with Crippen molar-refractivity contribution >= 4 is 6.08 Å². The predicted molar refractivity (Wildman–Crippen MR) is 67.6 cm³/mol. The molecule has 0 aliphatic heterocycles. The highest BCUT2D eigenvalue weighted by Gasteiger charge is 2.24. The molecule has 1 rings (SSSR count). The number of benzene rings is 1. The molecule has 0 unspecified atom stereocenters. The second-order valence-corrected chi connectivity index (χ2v) is 4.68.